The third kappa shape index (κ3) is 3.43. The van der Waals surface area contributed by atoms with Crippen LogP contribution in [0.25, 0.3) is 5.69 Å². The van der Waals surface area contributed by atoms with Crippen molar-refractivity contribution in [2.24, 2.45) is 0 Å². The summed E-state index contributed by atoms with van der Waals surface area (Å²) in [4.78, 5) is 26.8. The molecule has 0 unspecified atom stereocenters. The Bertz CT molecular complexity index is 797. The van der Waals surface area contributed by atoms with E-state index in [2.05, 4.69) is 19.9 Å². The molecule has 1 aliphatic heterocycles. The van der Waals surface area contributed by atoms with Crippen molar-refractivity contribution in [2.75, 3.05) is 45.2 Å². The van der Waals surface area contributed by atoms with Gasteiger partial charge in [0, 0.05) is 32.2 Å². The van der Waals surface area contributed by atoms with Gasteiger partial charge in [0.1, 0.15) is 5.69 Å². The Morgan fingerprint density at radius 3 is 2.64 bits per heavy atom. The molecule has 1 aromatic heterocycles. The molecule has 1 aliphatic rings. The van der Waals surface area contributed by atoms with Gasteiger partial charge >= 0.3 is 5.97 Å². The number of esters is 1. The highest BCUT2D eigenvalue weighted by Crippen LogP contribution is 2.31. The van der Waals surface area contributed by atoms with E-state index in [0.717, 1.165) is 26.2 Å². The summed E-state index contributed by atoms with van der Waals surface area (Å²) in [5.74, 6) is -0.616. The van der Waals surface area contributed by atoms with Crippen LogP contribution in [0.2, 0.25) is 0 Å². The maximum atomic E-state index is 11.5. The minimum Gasteiger partial charge on any atom is -0.464 e. The smallest absolute Gasteiger partial charge is 0.360 e. The average Bonchev–Trinajstić information content (AvgIpc) is 3.11. The van der Waals surface area contributed by atoms with Gasteiger partial charge in [-0.15, -0.1) is 5.10 Å². The molecular formula is C15H18N6O4. The molecule has 0 aliphatic carbocycles. The van der Waals surface area contributed by atoms with E-state index in [9.17, 15) is 14.9 Å². The normalized spacial score (nSPS) is 15.2. The van der Waals surface area contributed by atoms with E-state index in [1.54, 1.807) is 12.1 Å². The number of ether oxygens (including phenoxy) is 1. The standard InChI is InChI=1S/C15H18N6O4/c1-18-5-7-19(8-6-18)13-4-3-11(9-14(13)21(23)24)20-10-12(16-17-20)15(22)25-2/h3-4,9-10H,5-8H2,1-2H3. The molecular weight excluding hydrogens is 328 g/mol. The summed E-state index contributed by atoms with van der Waals surface area (Å²) in [5.41, 5.74) is 1.06. The predicted molar refractivity (Wildman–Crippen MR) is 89.1 cm³/mol. The van der Waals surface area contributed by atoms with Crippen molar-refractivity contribution in [1.82, 2.24) is 19.9 Å². The van der Waals surface area contributed by atoms with Crippen LogP contribution in [0.15, 0.2) is 24.4 Å². The van der Waals surface area contributed by atoms with Crippen LogP contribution in [0.4, 0.5) is 11.4 Å². The number of aromatic nitrogens is 3. The van der Waals surface area contributed by atoms with E-state index in [0.29, 0.717) is 11.4 Å². The molecule has 132 valence electrons. The lowest BCUT2D eigenvalue weighted by atomic mass is 10.2. The monoisotopic (exact) mass is 346 g/mol. The zero-order valence-electron chi connectivity index (χ0n) is 14.0. The van der Waals surface area contributed by atoms with Crippen LogP contribution in [-0.2, 0) is 4.74 Å². The highest BCUT2D eigenvalue weighted by molar-refractivity contribution is 5.86. The third-order valence-electron chi connectivity index (χ3n) is 4.15. The quantitative estimate of drug-likeness (QED) is 0.453. The summed E-state index contributed by atoms with van der Waals surface area (Å²) in [6.07, 6.45) is 1.38. The van der Waals surface area contributed by atoms with Crippen LogP contribution >= 0.6 is 0 Å². The number of carbonyl (C=O) groups excluding carboxylic acids is 1. The van der Waals surface area contributed by atoms with Gasteiger partial charge in [-0.2, -0.15) is 0 Å². The van der Waals surface area contributed by atoms with Crippen LogP contribution in [-0.4, -0.2) is 71.1 Å². The van der Waals surface area contributed by atoms with Crippen molar-refractivity contribution in [3.63, 3.8) is 0 Å². The van der Waals surface area contributed by atoms with Crippen molar-refractivity contribution in [3.05, 3.63) is 40.2 Å². The van der Waals surface area contributed by atoms with Crippen molar-refractivity contribution in [3.8, 4) is 5.69 Å². The molecule has 1 fully saturated rings. The molecule has 25 heavy (non-hydrogen) atoms. The van der Waals surface area contributed by atoms with Crippen LogP contribution in [0, 0.1) is 10.1 Å². The maximum absolute atomic E-state index is 11.5. The Hall–Kier alpha value is -3.01. The minimum atomic E-state index is -0.616. The zero-order chi connectivity index (χ0) is 18.0. The van der Waals surface area contributed by atoms with Crippen LogP contribution in [0.5, 0.6) is 0 Å². The third-order valence-corrected chi connectivity index (χ3v) is 4.15. The maximum Gasteiger partial charge on any atom is 0.360 e. The summed E-state index contributed by atoms with van der Waals surface area (Å²) in [6, 6.07) is 4.86. The highest BCUT2D eigenvalue weighted by Gasteiger charge is 2.23. The fourth-order valence-corrected chi connectivity index (χ4v) is 2.70. The zero-order valence-corrected chi connectivity index (χ0v) is 14.0. The van der Waals surface area contributed by atoms with Gasteiger partial charge in [0.2, 0.25) is 0 Å². The fraction of sp³-hybridized carbons (Fsp3) is 0.400. The van der Waals surface area contributed by atoms with Crippen LogP contribution < -0.4 is 4.90 Å². The number of nitro benzene ring substituents is 1. The molecule has 0 atom stereocenters. The van der Waals surface area contributed by atoms with E-state index in [1.807, 2.05) is 11.9 Å². The van der Waals surface area contributed by atoms with Gasteiger partial charge in [-0.3, -0.25) is 10.1 Å². The van der Waals surface area contributed by atoms with E-state index < -0.39 is 10.9 Å². The first-order chi connectivity index (χ1) is 12.0. The largest absolute Gasteiger partial charge is 0.464 e. The summed E-state index contributed by atoms with van der Waals surface area (Å²) < 4.78 is 5.89. The van der Waals surface area contributed by atoms with Crippen molar-refractivity contribution < 1.29 is 14.5 Å². The number of nitro groups is 1. The molecule has 1 saturated heterocycles. The van der Waals surface area contributed by atoms with Gasteiger partial charge in [-0.25, -0.2) is 9.48 Å². The van der Waals surface area contributed by atoms with Crippen LogP contribution in [0.3, 0.4) is 0 Å². The molecule has 2 aromatic rings. The highest BCUT2D eigenvalue weighted by atomic mass is 16.6. The lowest BCUT2D eigenvalue weighted by Gasteiger charge is -2.33. The number of hydrogen-bond acceptors (Lipinski definition) is 8. The van der Waals surface area contributed by atoms with Gasteiger partial charge in [0.05, 0.1) is 23.9 Å². The molecule has 0 N–H and O–H groups in total. The molecule has 0 spiro atoms. The Kier molecular flexibility index (Phi) is 4.61. The first-order valence-electron chi connectivity index (χ1n) is 7.72. The molecule has 10 nitrogen and oxygen atoms in total. The Balaban J connectivity index is 1.92. The molecule has 1 aromatic carbocycles. The Labute approximate surface area is 143 Å². The lowest BCUT2D eigenvalue weighted by molar-refractivity contribution is -0.384. The molecule has 0 bridgehead atoms. The van der Waals surface area contributed by atoms with Crippen LogP contribution in [0.1, 0.15) is 10.5 Å². The Morgan fingerprint density at radius 1 is 1.28 bits per heavy atom. The summed E-state index contributed by atoms with van der Waals surface area (Å²) in [5, 5.41) is 19.1. The SMILES string of the molecule is COC(=O)c1cn(-c2ccc(N3CCN(C)CC3)c([N+](=O)[O-])c2)nn1. The number of hydrogen-bond donors (Lipinski definition) is 0. The number of likely N-dealkylation sites (N-methyl/N-ethyl adjacent to an activating group) is 1. The lowest BCUT2D eigenvalue weighted by Crippen LogP contribution is -2.44. The van der Waals surface area contributed by atoms with Gasteiger partial charge in [-0.1, -0.05) is 5.21 Å². The van der Waals surface area contributed by atoms with E-state index >= 15 is 0 Å². The second-order valence-electron chi connectivity index (χ2n) is 5.76. The number of methoxy groups -OCH3 is 1. The van der Waals surface area contributed by atoms with E-state index in [4.69, 9.17) is 0 Å². The molecule has 0 radical (unpaired) electrons. The molecule has 2 heterocycles. The first kappa shape index (κ1) is 16.8. The van der Waals surface area contributed by atoms with Crippen molar-refractivity contribution >= 4 is 17.3 Å². The summed E-state index contributed by atoms with van der Waals surface area (Å²) >= 11 is 0. The number of benzene rings is 1. The molecule has 0 amide bonds. The number of nitrogens with zero attached hydrogens (tertiary/aromatic N) is 6. The van der Waals surface area contributed by atoms with Gasteiger partial charge in [-0.05, 0) is 19.2 Å². The fourth-order valence-electron chi connectivity index (χ4n) is 2.70. The molecule has 0 saturated carbocycles. The van der Waals surface area contributed by atoms with Gasteiger partial charge in [0.15, 0.2) is 5.69 Å². The average molecular weight is 346 g/mol. The summed E-state index contributed by atoms with van der Waals surface area (Å²) in [7, 11) is 3.27. The Morgan fingerprint density at radius 2 is 2.00 bits per heavy atom. The molecule has 3 rings (SSSR count). The number of carbonyl (C=O) groups is 1. The van der Waals surface area contributed by atoms with Gasteiger partial charge < -0.3 is 14.5 Å². The van der Waals surface area contributed by atoms with E-state index in [-0.39, 0.29) is 11.4 Å². The van der Waals surface area contributed by atoms with Crippen molar-refractivity contribution in [1.29, 1.82) is 0 Å². The minimum absolute atomic E-state index is 0.00262. The molecule has 10 heteroatoms. The summed E-state index contributed by atoms with van der Waals surface area (Å²) in [6.45, 7) is 3.16. The second kappa shape index (κ2) is 6.85. The number of rotatable bonds is 4. The number of anilines is 1. The number of piperazine rings is 1. The van der Waals surface area contributed by atoms with Gasteiger partial charge in [0.25, 0.3) is 5.69 Å². The van der Waals surface area contributed by atoms with Crippen molar-refractivity contribution in [2.45, 2.75) is 0 Å². The van der Waals surface area contributed by atoms with E-state index in [1.165, 1.54) is 24.1 Å². The first-order valence-corrected chi connectivity index (χ1v) is 7.72. The predicted octanol–water partition coefficient (Wildman–Crippen LogP) is 0.714. The second-order valence-corrected chi connectivity index (χ2v) is 5.76. The topological polar surface area (TPSA) is 107 Å².